The van der Waals surface area contributed by atoms with E-state index in [2.05, 4.69) is 60.4 Å². The van der Waals surface area contributed by atoms with Gasteiger partial charge in [0.15, 0.2) is 11.8 Å². The second-order valence-electron chi connectivity index (χ2n) is 7.78. The number of hydrogen-bond acceptors (Lipinski definition) is 4. The molecule has 1 aromatic rings. The summed E-state index contributed by atoms with van der Waals surface area (Å²) in [5.74, 6) is 2.66. The minimum atomic E-state index is 0. The zero-order valence-corrected chi connectivity index (χ0v) is 19.7. The summed E-state index contributed by atoms with van der Waals surface area (Å²) in [4.78, 5) is 8.70. The Hall–Kier alpha value is -0.860. The van der Waals surface area contributed by atoms with Crippen LogP contribution in [0.15, 0.2) is 9.52 Å². The Bertz CT molecular complexity index is 514. The van der Waals surface area contributed by atoms with Gasteiger partial charge in [0.05, 0.1) is 0 Å². The second kappa shape index (κ2) is 13.3. The fourth-order valence-corrected chi connectivity index (χ4v) is 2.54. The number of aromatic nitrogens is 2. The molecule has 0 aromatic carbocycles. The minimum Gasteiger partial charge on any atom is -0.356 e. The lowest BCUT2D eigenvalue weighted by atomic mass is 9.87. The molecule has 0 bridgehead atoms. The molecule has 0 fully saturated rings. The molecular weight excluding hydrogens is 441 g/mol. The van der Waals surface area contributed by atoms with Crippen LogP contribution in [0.5, 0.6) is 0 Å². The maximum Gasteiger partial charge on any atom is 0.226 e. The molecule has 0 spiro atoms. The van der Waals surface area contributed by atoms with Gasteiger partial charge in [-0.15, -0.1) is 24.0 Å². The van der Waals surface area contributed by atoms with Gasteiger partial charge in [-0.1, -0.05) is 59.0 Å². The summed E-state index contributed by atoms with van der Waals surface area (Å²) in [5.41, 5.74) is 0.282. The van der Waals surface area contributed by atoms with Crippen molar-refractivity contribution in [3.63, 3.8) is 0 Å². The third kappa shape index (κ3) is 10.3. The molecule has 0 radical (unpaired) electrons. The number of aryl methyl sites for hydroxylation is 1. The van der Waals surface area contributed by atoms with Crippen molar-refractivity contribution in [2.75, 3.05) is 20.1 Å². The van der Waals surface area contributed by atoms with Gasteiger partial charge in [0.25, 0.3) is 0 Å². The predicted molar refractivity (Wildman–Crippen MR) is 119 cm³/mol. The van der Waals surface area contributed by atoms with E-state index in [1.807, 2.05) is 7.05 Å². The third-order valence-electron chi connectivity index (χ3n) is 4.28. The molecule has 1 heterocycles. The first-order valence-electron chi connectivity index (χ1n) is 9.65. The Kier molecular flexibility index (Phi) is 12.9. The lowest BCUT2D eigenvalue weighted by Crippen LogP contribution is -2.42. The fourth-order valence-electron chi connectivity index (χ4n) is 2.54. The molecule has 26 heavy (non-hydrogen) atoms. The Balaban J connectivity index is 0.00000625. The fraction of sp³-hybridized carbons (Fsp3) is 0.842. The van der Waals surface area contributed by atoms with Crippen molar-refractivity contribution in [3.8, 4) is 0 Å². The normalized spacial score (nSPS) is 12.2. The summed E-state index contributed by atoms with van der Waals surface area (Å²) in [5, 5.41) is 10.8. The van der Waals surface area contributed by atoms with E-state index in [0.29, 0.717) is 11.8 Å². The second-order valence-corrected chi connectivity index (χ2v) is 7.78. The molecule has 0 amide bonds. The highest BCUT2D eigenvalue weighted by Crippen LogP contribution is 2.22. The Morgan fingerprint density at radius 3 is 2.50 bits per heavy atom. The van der Waals surface area contributed by atoms with E-state index >= 15 is 0 Å². The monoisotopic (exact) mass is 479 g/mol. The van der Waals surface area contributed by atoms with Crippen molar-refractivity contribution in [1.29, 1.82) is 0 Å². The zero-order chi connectivity index (χ0) is 18.7. The molecule has 0 aliphatic heterocycles. The number of nitrogens with zero attached hydrogens (tertiary/aromatic N) is 3. The van der Waals surface area contributed by atoms with E-state index < -0.39 is 0 Å². The van der Waals surface area contributed by atoms with Crippen LogP contribution in [0.1, 0.15) is 84.4 Å². The summed E-state index contributed by atoms with van der Waals surface area (Å²) in [6, 6.07) is 0. The maximum absolute atomic E-state index is 5.26. The first-order valence-corrected chi connectivity index (χ1v) is 9.65. The van der Waals surface area contributed by atoms with Gasteiger partial charge < -0.3 is 15.2 Å². The van der Waals surface area contributed by atoms with Gasteiger partial charge in [-0.3, -0.25) is 4.99 Å². The van der Waals surface area contributed by atoms with Crippen molar-refractivity contribution in [2.24, 2.45) is 10.4 Å². The quantitative estimate of drug-likeness (QED) is 0.211. The number of halogens is 1. The maximum atomic E-state index is 5.26. The van der Waals surface area contributed by atoms with Crippen LogP contribution in [0.25, 0.3) is 0 Å². The minimum absolute atomic E-state index is 0. The number of rotatable bonds is 11. The molecule has 0 aliphatic carbocycles. The largest absolute Gasteiger partial charge is 0.356 e. The number of hydrogen-bond donors (Lipinski definition) is 2. The van der Waals surface area contributed by atoms with Crippen molar-refractivity contribution < 1.29 is 4.52 Å². The SMILES string of the molecule is CCCCCC(C)(C)CNC(=NC)NCCCc1nc(C(C)C)no1.I. The zero-order valence-electron chi connectivity index (χ0n) is 17.4. The highest BCUT2D eigenvalue weighted by molar-refractivity contribution is 14.0. The Morgan fingerprint density at radius 1 is 1.19 bits per heavy atom. The molecular formula is C19H38IN5O. The van der Waals surface area contributed by atoms with Crippen LogP contribution in [0.4, 0.5) is 0 Å². The molecule has 152 valence electrons. The molecule has 0 atom stereocenters. The van der Waals surface area contributed by atoms with E-state index in [1.54, 1.807) is 0 Å². The summed E-state index contributed by atoms with van der Waals surface area (Å²) >= 11 is 0. The van der Waals surface area contributed by atoms with Crippen LogP contribution in [-0.2, 0) is 6.42 Å². The molecule has 1 aromatic heterocycles. The van der Waals surface area contributed by atoms with E-state index in [4.69, 9.17) is 4.52 Å². The van der Waals surface area contributed by atoms with Crippen molar-refractivity contribution in [3.05, 3.63) is 11.7 Å². The highest BCUT2D eigenvalue weighted by Gasteiger charge is 2.17. The van der Waals surface area contributed by atoms with E-state index in [-0.39, 0.29) is 29.4 Å². The van der Waals surface area contributed by atoms with Crippen LogP contribution in [0.3, 0.4) is 0 Å². The van der Waals surface area contributed by atoms with Crippen molar-refractivity contribution >= 4 is 29.9 Å². The average Bonchev–Trinajstić information content (AvgIpc) is 3.03. The molecule has 0 saturated carbocycles. The summed E-state index contributed by atoms with van der Waals surface area (Å²) in [6.07, 6.45) is 6.82. The molecule has 0 saturated heterocycles. The third-order valence-corrected chi connectivity index (χ3v) is 4.28. The van der Waals surface area contributed by atoms with Crippen molar-refractivity contribution in [1.82, 2.24) is 20.8 Å². The molecule has 0 aliphatic rings. The van der Waals surface area contributed by atoms with Crippen LogP contribution in [-0.4, -0.2) is 36.2 Å². The van der Waals surface area contributed by atoms with E-state index in [0.717, 1.165) is 37.7 Å². The molecule has 2 N–H and O–H groups in total. The van der Waals surface area contributed by atoms with Gasteiger partial charge in [0.2, 0.25) is 5.89 Å². The number of aliphatic imine (C=N–C) groups is 1. The molecule has 0 unspecified atom stereocenters. The van der Waals surface area contributed by atoms with Crippen LogP contribution in [0, 0.1) is 5.41 Å². The lowest BCUT2D eigenvalue weighted by Gasteiger charge is -2.26. The average molecular weight is 479 g/mol. The Labute approximate surface area is 176 Å². The Morgan fingerprint density at radius 2 is 1.92 bits per heavy atom. The van der Waals surface area contributed by atoms with Crippen LogP contribution >= 0.6 is 24.0 Å². The van der Waals surface area contributed by atoms with Crippen LogP contribution < -0.4 is 10.6 Å². The number of nitrogens with one attached hydrogen (secondary N) is 2. The number of unbranched alkanes of at least 4 members (excludes halogenated alkanes) is 2. The van der Waals surface area contributed by atoms with Crippen LogP contribution in [0.2, 0.25) is 0 Å². The predicted octanol–water partition coefficient (Wildman–Crippen LogP) is 4.52. The van der Waals surface area contributed by atoms with Gasteiger partial charge in [-0.25, -0.2) is 0 Å². The van der Waals surface area contributed by atoms with Gasteiger partial charge >= 0.3 is 0 Å². The molecule has 1 rings (SSSR count). The van der Waals surface area contributed by atoms with E-state index in [1.165, 1.54) is 25.7 Å². The van der Waals surface area contributed by atoms with Gasteiger partial charge in [-0.2, -0.15) is 4.98 Å². The van der Waals surface area contributed by atoms with Gasteiger partial charge in [-0.05, 0) is 18.3 Å². The molecule has 6 nitrogen and oxygen atoms in total. The highest BCUT2D eigenvalue weighted by atomic mass is 127. The standard InChI is InChI=1S/C19H37N5O.HI/c1-7-8-9-12-19(4,5)14-22-18(20-6)21-13-10-11-16-23-17(15(2)3)24-25-16;/h15H,7-14H2,1-6H3,(H2,20,21,22);1H. The van der Waals surface area contributed by atoms with Gasteiger partial charge in [0.1, 0.15) is 0 Å². The smallest absolute Gasteiger partial charge is 0.226 e. The number of guanidine groups is 1. The van der Waals surface area contributed by atoms with Gasteiger partial charge in [0, 0.05) is 32.5 Å². The van der Waals surface area contributed by atoms with Crippen molar-refractivity contribution in [2.45, 2.75) is 79.1 Å². The lowest BCUT2D eigenvalue weighted by molar-refractivity contribution is 0.318. The summed E-state index contributed by atoms with van der Waals surface area (Å²) < 4.78 is 5.26. The first kappa shape index (κ1) is 25.1. The summed E-state index contributed by atoms with van der Waals surface area (Å²) in [7, 11) is 1.81. The summed E-state index contributed by atoms with van der Waals surface area (Å²) in [6.45, 7) is 12.8. The first-order chi connectivity index (χ1) is 11.9. The topological polar surface area (TPSA) is 75.3 Å². The van der Waals surface area contributed by atoms with E-state index in [9.17, 15) is 0 Å². The molecule has 7 heteroatoms.